The molecule has 2 aromatic carbocycles. The zero-order chi connectivity index (χ0) is 27.6. The third kappa shape index (κ3) is 5.49. The van der Waals surface area contributed by atoms with Crippen molar-refractivity contribution in [2.24, 2.45) is 0 Å². The monoisotopic (exact) mass is 549 g/mol. The lowest BCUT2D eigenvalue weighted by Gasteiger charge is -2.28. The summed E-state index contributed by atoms with van der Waals surface area (Å²) in [6.45, 7) is 5.14. The Morgan fingerprint density at radius 1 is 0.974 bits per heavy atom. The van der Waals surface area contributed by atoms with Crippen LogP contribution in [0.3, 0.4) is 0 Å². The second-order valence-corrected chi connectivity index (χ2v) is 10.0. The average Bonchev–Trinajstić information content (AvgIpc) is 3.41. The highest BCUT2D eigenvalue weighted by Gasteiger charge is 2.41. The number of pyridine rings is 1. The molecule has 1 aliphatic heterocycles. The summed E-state index contributed by atoms with van der Waals surface area (Å²) in [4.78, 5) is 6.73. The number of aryl methyl sites for hydroxylation is 1. The predicted octanol–water partition coefficient (Wildman–Crippen LogP) is 6.98. The van der Waals surface area contributed by atoms with E-state index in [1.807, 2.05) is 68.4 Å². The molecule has 0 saturated carbocycles. The molecule has 0 bridgehead atoms. The van der Waals surface area contributed by atoms with Crippen LogP contribution < -0.4 is 10.6 Å². The van der Waals surface area contributed by atoms with Crippen molar-refractivity contribution in [1.82, 2.24) is 19.8 Å². The maximum atomic E-state index is 13.9. The summed E-state index contributed by atoms with van der Waals surface area (Å²) in [6.07, 6.45) is -1.91. The van der Waals surface area contributed by atoms with Crippen LogP contribution in [0.15, 0.2) is 85.1 Å². The number of nitrogens with zero attached hydrogens (tertiary/aromatic N) is 3. The molecule has 2 aromatic heterocycles. The number of hydrogen-bond acceptors (Lipinski definition) is 3. The van der Waals surface area contributed by atoms with Gasteiger partial charge in [-0.05, 0) is 80.5 Å². The van der Waals surface area contributed by atoms with Crippen molar-refractivity contribution < 1.29 is 13.2 Å². The summed E-state index contributed by atoms with van der Waals surface area (Å²) in [6, 6.07) is 22.9. The molecule has 4 aromatic rings. The number of hydrogen-bond donors (Lipinski definition) is 2. The van der Waals surface area contributed by atoms with E-state index in [9.17, 15) is 13.2 Å². The van der Waals surface area contributed by atoms with E-state index in [1.54, 1.807) is 16.8 Å². The Labute approximate surface area is 231 Å². The fourth-order valence-electron chi connectivity index (χ4n) is 5.39. The van der Waals surface area contributed by atoms with Gasteiger partial charge in [0.25, 0.3) is 0 Å². The second kappa shape index (κ2) is 11.1. The molecular formula is C30H30F3N5S. The molecule has 39 heavy (non-hydrogen) atoms. The normalized spacial score (nSPS) is 17.4. The summed E-state index contributed by atoms with van der Waals surface area (Å²) < 4.78 is 43.5. The van der Waals surface area contributed by atoms with E-state index in [0.29, 0.717) is 11.7 Å². The Morgan fingerprint density at radius 3 is 2.41 bits per heavy atom. The highest BCUT2D eigenvalue weighted by atomic mass is 32.1. The lowest BCUT2D eigenvalue weighted by Crippen LogP contribution is -2.31. The molecule has 1 saturated heterocycles. The van der Waals surface area contributed by atoms with Crippen molar-refractivity contribution >= 4 is 23.0 Å². The molecule has 1 aliphatic rings. The molecule has 9 heteroatoms. The Balaban J connectivity index is 1.50. The SMILES string of the molecule is Cc1cc([C@H]2[C@H](c3ccccn3)NC(=S)N2CCCNc2ccccc2)c(C)n1-c1ccccc1C(F)(F)F. The highest BCUT2D eigenvalue weighted by molar-refractivity contribution is 7.80. The van der Waals surface area contributed by atoms with Gasteiger partial charge in [-0.2, -0.15) is 13.2 Å². The van der Waals surface area contributed by atoms with Crippen LogP contribution in [0, 0.1) is 13.8 Å². The number of rotatable bonds is 8. The van der Waals surface area contributed by atoms with Gasteiger partial charge in [0, 0.05) is 36.4 Å². The summed E-state index contributed by atoms with van der Waals surface area (Å²) in [5.74, 6) is 0. The van der Waals surface area contributed by atoms with Crippen LogP contribution in [0.5, 0.6) is 0 Å². The smallest absolute Gasteiger partial charge is 0.385 e. The molecule has 2 atom stereocenters. The van der Waals surface area contributed by atoms with Crippen LogP contribution in [0.1, 0.15) is 46.7 Å². The maximum absolute atomic E-state index is 13.9. The lowest BCUT2D eigenvalue weighted by molar-refractivity contribution is -0.137. The van der Waals surface area contributed by atoms with Gasteiger partial charge in [-0.15, -0.1) is 0 Å². The fourth-order valence-corrected chi connectivity index (χ4v) is 5.72. The van der Waals surface area contributed by atoms with Crippen molar-refractivity contribution in [1.29, 1.82) is 0 Å². The van der Waals surface area contributed by atoms with Gasteiger partial charge in [0.2, 0.25) is 0 Å². The fraction of sp³-hybridized carbons (Fsp3) is 0.267. The average molecular weight is 550 g/mol. The summed E-state index contributed by atoms with van der Waals surface area (Å²) in [7, 11) is 0. The van der Waals surface area contributed by atoms with E-state index in [0.717, 1.165) is 47.4 Å². The van der Waals surface area contributed by atoms with E-state index in [1.165, 1.54) is 12.1 Å². The maximum Gasteiger partial charge on any atom is 0.418 e. The predicted molar refractivity (Wildman–Crippen MR) is 152 cm³/mol. The zero-order valence-electron chi connectivity index (χ0n) is 21.7. The summed E-state index contributed by atoms with van der Waals surface area (Å²) >= 11 is 5.79. The van der Waals surface area contributed by atoms with Crippen molar-refractivity contribution in [2.45, 2.75) is 38.5 Å². The van der Waals surface area contributed by atoms with Crippen molar-refractivity contribution in [2.75, 3.05) is 18.4 Å². The standard InChI is InChI=1S/C30H30F3N5S/c1-20-19-23(21(2)38(20)26-15-7-6-13-24(26)30(31,32)33)28-27(25-14-8-9-16-35-25)36-29(39)37(28)18-10-17-34-22-11-4-3-5-12-22/h3-9,11-16,19,27-28,34H,10,17-18H2,1-2H3,(H,36,39)/t27-,28-/m0/s1. The first-order chi connectivity index (χ1) is 18.8. The van der Waals surface area contributed by atoms with Gasteiger partial charge in [-0.1, -0.05) is 36.4 Å². The largest absolute Gasteiger partial charge is 0.418 e. The molecule has 202 valence electrons. The third-order valence-electron chi connectivity index (χ3n) is 7.12. The van der Waals surface area contributed by atoms with Gasteiger partial charge >= 0.3 is 6.18 Å². The van der Waals surface area contributed by atoms with Crippen molar-refractivity contribution in [3.05, 3.63) is 113 Å². The van der Waals surface area contributed by atoms with E-state index < -0.39 is 11.7 Å². The van der Waals surface area contributed by atoms with Crippen molar-refractivity contribution in [3.8, 4) is 5.69 Å². The third-order valence-corrected chi connectivity index (χ3v) is 7.47. The first-order valence-electron chi connectivity index (χ1n) is 12.9. The second-order valence-electron chi connectivity index (χ2n) is 9.64. The lowest BCUT2D eigenvalue weighted by atomic mass is 9.96. The summed E-state index contributed by atoms with van der Waals surface area (Å²) in [5, 5.41) is 7.49. The van der Waals surface area contributed by atoms with Gasteiger partial charge in [-0.3, -0.25) is 4.98 Å². The van der Waals surface area contributed by atoms with E-state index >= 15 is 0 Å². The Bertz CT molecular complexity index is 1440. The first kappa shape index (κ1) is 26.7. The van der Waals surface area contributed by atoms with Crippen molar-refractivity contribution in [3.63, 3.8) is 0 Å². The number of anilines is 1. The van der Waals surface area contributed by atoms with Crippen LogP contribution in [0.2, 0.25) is 0 Å². The van der Waals surface area contributed by atoms with Crippen LogP contribution in [0.4, 0.5) is 18.9 Å². The first-order valence-corrected chi connectivity index (χ1v) is 13.3. The topological polar surface area (TPSA) is 45.1 Å². The van der Waals surface area contributed by atoms with Gasteiger partial charge < -0.3 is 20.1 Å². The quantitative estimate of drug-likeness (QED) is 0.183. The van der Waals surface area contributed by atoms with E-state index in [2.05, 4.69) is 20.5 Å². The van der Waals surface area contributed by atoms with Crippen LogP contribution in [0.25, 0.3) is 5.69 Å². The van der Waals surface area contributed by atoms with Gasteiger partial charge in [0.05, 0.1) is 29.0 Å². The Hall–Kier alpha value is -3.85. The number of thiocarbonyl (C=S) groups is 1. The molecule has 0 amide bonds. The Morgan fingerprint density at radius 2 is 1.69 bits per heavy atom. The molecule has 5 rings (SSSR count). The van der Waals surface area contributed by atoms with Gasteiger partial charge in [0.15, 0.2) is 5.11 Å². The number of alkyl halides is 3. The van der Waals surface area contributed by atoms with Gasteiger partial charge in [0.1, 0.15) is 0 Å². The van der Waals surface area contributed by atoms with Crippen LogP contribution >= 0.6 is 12.2 Å². The van der Waals surface area contributed by atoms with E-state index in [4.69, 9.17) is 12.2 Å². The molecule has 5 nitrogen and oxygen atoms in total. The van der Waals surface area contributed by atoms with Crippen LogP contribution in [-0.2, 0) is 6.18 Å². The van der Waals surface area contributed by atoms with E-state index in [-0.39, 0.29) is 17.8 Å². The number of nitrogens with one attached hydrogen (secondary N) is 2. The molecule has 2 N–H and O–H groups in total. The molecule has 0 spiro atoms. The van der Waals surface area contributed by atoms with Crippen LogP contribution in [-0.4, -0.2) is 32.7 Å². The molecule has 0 unspecified atom stereocenters. The minimum Gasteiger partial charge on any atom is -0.385 e. The number of halogens is 3. The molecule has 0 aliphatic carbocycles. The number of para-hydroxylation sites is 2. The highest BCUT2D eigenvalue weighted by Crippen LogP contribution is 2.42. The molecular weight excluding hydrogens is 519 g/mol. The molecule has 3 heterocycles. The zero-order valence-corrected chi connectivity index (χ0v) is 22.6. The summed E-state index contributed by atoms with van der Waals surface area (Å²) in [5.41, 5.74) is 3.72. The minimum atomic E-state index is -4.47. The molecule has 0 radical (unpaired) electrons. The number of aromatic nitrogens is 2. The number of benzene rings is 2. The van der Waals surface area contributed by atoms with Gasteiger partial charge in [-0.25, -0.2) is 0 Å². The molecule has 1 fully saturated rings. The Kier molecular flexibility index (Phi) is 7.61. The minimum absolute atomic E-state index is 0.118.